The first kappa shape index (κ1) is 16.7. The molecule has 1 heterocycles. The van der Waals surface area contributed by atoms with E-state index in [0.717, 1.165) is 18.3 Å². The van der Waals surface area contributed by atoms with Gasteiger partial charge in [-0.1, -0.05) is 0 Å². The molecule has 0 saturated carbocycles. The molecule has 2 amide bonds. The van der Waals surface area contributed by atoms with Crippen LogP contribution >= 0.6 is 0 Å². The van der Waals surface area contributed by atoms with E-state index in [9.17, 15) is 22.8 Å². The molecule has 0 aliphatic heterocycles. The van der Waals surface area contributed by atoms with Gasteiger partial charge in [-0.25, -0.2) is 9.78 Å². The molecule has 6 nitrogen and oxygen atoms in total. The lowest BCUT2D eigenvalue weighted by Crippen LogP contribution is -2.42. The Hall–Kier alpha value is -2.32. The molecule has 0 aliphatic carbocycles. The van der Waals surface area contributed by atoms with Crippen LogP contribution in [-0.4, -0.2) is 28.1 Å². The Morgan fingerprint density at radius 3 is 2.33 bits per heavy atom. The van der Waals surface area contributed by atoms with Gasteiger partial charge in [-0.05, 0) is 26.0 Å². The van der Waals surface area contributed by atoms with Crippen LogP contribution in [0.25, 0.3) is 0 Å². The Kier molecular flexibility index (Phi) is 5.12. The monoisotopic (exact) mass is 305 g/mol. The van der Waals surface area contributed by atoms with Gasteiger partial charge in [0.1, 0.15) is 5.69 Å². The number of halogens is 3. The highest BCUT2D eigenvalue weighted by molar-refractivity contribution is 5.89. The molecule has 9 heteroatoms. The summed E-state index contributed by atoms with van der Waals surface area (Å²) in [7, 11) is 0. The lowest BCUT2D eigenvalue weighted by atomic mass is 10.0. The quantitative estimate of drug-likeness (QED) is 0.796. The molecule has 0 bridgehead atoms. The van der Waals surface area contributed by atoms with Gasteiger partial charge in [0.25, 0.3) is 0 Å². The number of amides is 2. The van der Waals surface area contributed by atoms with Crippen LogP contribution in [0.1, 0.15) is 19.5 Å². The number of hydrogen-bond acceptors (Lipinski definition) is 3. The molecular weight excluding hydrogens is 291 g/mol. The van der Waals surface area contributed by atoms with Gasteiger partial charge in [-0.2, -0.15) is 13.2 Å². The van der Waals surface area contributed by atoms with Crippen molar-refractivity contribution in [3.05, 3.63) is 24.0 Å². The Balaban J connectivity index is 2.61. The second kappa shape index (κ2) is 6.42. The predicted molar refractivity (Wildman–Crippen MR) is 67.7 cm³/mol. The van der Waals surface area contributed by atoms with Gasteiger partial charge in [0.05, 0.1) is 17.8 Å². The van der Waals surface area contributed by atoms with Crippen LogP contribution < -0.4 is 10.6 Å². The topological polar surface area (TPSA) is 91.3 Å². The van der Waals surface area contributed by atoms with Gasteiger partial charge in [0.15, 0.2) is 0 Å². The molecule has 0 radical (unpaired) electrons. The van der Waals surface area contributed by atoms with Crippen molar-refractivity contribution < 1.29 is 27.9 Å². The number of carbonyl (C=O) groups excluding carboxylic acids is 1. The molecule has 21 heavy (non-hydrogen) atoms. The molecule has 1 aromatic heterocycles. The first-order chi connectivity index (χ1) is 9.61. The van der Waals surface area contributed by atoms with Crippen LogP contribution in [0.4, 0.5) is 23.7 Å². The number of nitrogens with one attached hydrogen (secondary N) is 2. The van der Waals surface area contributed by atoms with Crippen LogP contribution in [0.2, 0.25) is 0 Å². The van der Waals surface area contributed by atoms with Crippen molar-refractivity contribution in [1.29, 1.82) is 0 Å². The maximum atomic E-state index is 12.3. The van der Waals surface area contributed by atoms with Gasteiger partial charge in [0, 0.05) is 6.04 Å². The zero-order chi connectivity index (χ0) is 16.2. The van der Waals surface area contributed by atoms with E-state index in [1.807, 2.05) is 0 Å². The van der Waals surface area contributed by atoms with E-state index < -0.39 is 35.8 Å². The summed E-state index contributed by atoms with van der Waals surface area (Å²) in [4.78, 5) is 25.5. The van der Waals surface area contributed by atoms with Crippen LogP contribution in [0.3, 0.4) is 0 Å². The highest BCUT2D eigenvalue weighted by atomic mass is 19.4. The highest BCUT2D eigenvalue weighted by Crippen LogP contribution is 2.27. The number of pyridine rings is 1. The fourth-order valence-corrected chi connectivity index (χ4v) is 1.35. The first-order valence-corrected chi connectivity index (χ1v) is 5.95. The SMILES string of the molecule is CC(NC(=O)Nc1ccc(C(F)(F)F)nc1)C(C)C(=O)O. The summed E-state index contributed by atoms with van der Waals surface area (Å²) in [6, 6.07) is 0.418. The number of nitrogens with zero attached hydrogens (tertiary/aromatic N) is 1. The Bertz CT molecular complexity index is 517. The number of aliphatic carboxylic acids is 1. The Labute approximate surface area is 118 Å². The fraction of sp³-hybridized carbons (Fsp3) is 0.417. The van der Waals surface area contributed by atoms with Gasteiger partial charge >= 0.3 is 18.2 Å². The third-order valence-corrected chi connectivity index (χ3v) is 2.81. The summed E-state index contributed by atoms with van der Waals surface area (Å²) in [6.07, 6.45) is -3.68. The number of anilines is 1. The minimum absolute atomic E-state index is 0.0654. The summed E-state index contributed by atoms with van der Waals surface area (Å²) < 4.78 is 36.9. The molecule has 1 rings (SSSR count). The fourth-order valence-electron chi connectivity index (χ4n) is 1.35. The van der Waals surface area contributed by atoms with Crippen LogP contribution in [-0.2, 0) is 11.0 Å². The van der Waals surface area contributed by atoms with E-state index in [1.165, 1.54) is 13.8 Å². The molecule has 0 fully saturated rings. The average Bonchev–Trinajstić information content (AvgIpc) is 2.36. The number of hydrogen-bond donors (Lipinski definition) is 3. The molecule has 2 unspecified atom stereocenters. The smallest absolute Gasteiger partial charge is 0.433 e. The van der Waals surface area contributed by atoms with Gasteiger partial charge in [0.2, 0.25) is 0 Å². The van der Waals surface area contributed by atoms with Crippen molar-refractivity contribution in [2.75, 3.05) is 5.32 Å². The van der Waals surface area contributed by atoms with Crippen molar-refractivity contribution in [2.45, 2.75) is 26.1 Å². The van der Waals surface area contributed by atoms with Crippen LogP contribution in [0, 0.1) is 5.92 Å². The Morgan fingerprint density at radius 2 is 1.90 bits per heavy atom. The van der Waals surface area contributed by atoms with Crippen LogP contribution in [0.5, 0.6) is 0 Å². The lowest BCUT2D eigenvalue weighted by molar-refractivity contribution is -0.142. The molecule has 0 aliphatic rings. The molecule has 0 spiro atoms. The number of rotatable bonds is 4. The first-order valence-electron chi connectivity index (χ1n) is 5.95. The van der Waals surface area contributed by atoms with Crippen molar-refractivity contribution in [2.24, 2.45) is 5.92 Å². The minimum atomic E-state index is -4.55. The molecular formula is C12H14F3N3O3. The number of urea groups is 1. The zero-order valence-electron chi connectivity index (χ0n) is 11.2. The van der Waals surface area contributed by atoms with Gasteiger partial charge < -0.3 is 15.7 Å². The van der Waals surface area contributed by atoms with E-state index in [4.69, 9.17) is 5.11 Å². The van der Waals surface area contributed by atoms with Crippen molar-refractivity contribution in [3.8, 4) is 0 Å². The maximum Gasteiger partial charge on any atom is 0.433 e. The number of carbonyl (C=O) groups is 2. The zero-order valence-corrected chi connectivity index (χ0v) is 11.2. The second-order valence-electron chi connectivity index (χ2n) is 4.44. The highest BCUT2D eigenvalue weighted by Gasteiger charge is 2.32. The lowest BCUT2D eigenvalue weighted by Gasteiger charge is -2.18. The van der Waals surface area contributed by atoms with Crippen molar-refractivity contribution >= 4 is 17.7 Å². The summed E-state index contributed by atoms with van der Waals surface area (Å²) >= 11 is 0. The molecule has 0 aromatic carbocycles. The number of carboxylic acid groups (broad SMARTS) is 1. The third kappa shape index (κ3) is 4.93. The number of alkyl halides is 3. The minimum Gasteiger partial charge on any atom is -0.481 e. The van der Waals surface area contributed by atoms with E-state index >= 15 is 0 Å². The Morgan fingerprint density at radius 1 is 1.29 bits per heavy atom. The number of aromatic nitrogens is 1. The van der Waals surface area contributed by atoms with Gasteiger partial charge in [-0.3, -0.25) is 4.79 Å². The van der Waals surface area contributed by atoms with Crippen molar-refractivity contribution in [1.82, 2.24) is 10.3 Å². The summed E-state index contributed by atoms with van der Waals surface area (Å²) in [5, 5.41) is 13.4. The van der Waals surface area contributed by atoms with E-state index in [0.29, 0.717) is 0 Å². The molecule has 3 N–H and O–H groups in total. The normalized spacial score (nSPS) is 14.1. The second-order valence-corrected chi connectivity index (χ2v) is 4.44. The third-order valence-electron chi connectivity index (χ3n) is 2.81. The standard InChI is InChI=1S/C12H14F3N3O3/c1-6(10(19)20)7(2)17-11(21)18-8-3-4-9(16-5-8)12(13,14)15/h3-7H,1-2H3,(H,19,20)(H2,17,18,21). The summed E-state index contributed by atoms with van der Waals surface area (Å²) in [5.74, 6) is -1.87. The van der Waals surface area contributed by atoms with Crippen LogP contribution in [0.15, 0.2) is 18.3 Å². The number of carboxylic acids is 1. The summed E-state index contributed by atoms with van der Waals surface area (Å²) in [5.41, 5.74) is -1.00. The maximum absolute atomic E-state index is 12.3. The van der Waals surface area contributed by atoms with E-state index in [-0.39, 0.29) is 5.69 Å². The van der Waals surface area contributed by atoms with Gasteiger partial charge in [-0.15, -0.1) is 0 Å². The molecule has 0 saturated heterocycles. The molecule has 2 atom stereocenters. The van der Waals surface area contributed by atoms with E-state index in [2.05, 4.69) is 15.6 Å². The molecule has 116 valence electrons. The largest absolute Gasteiger partial charge is 0.481 e. The average molecular weight is 305 g/mol. The van der Waals surface area contributed by atoms with Crippen molar-refractivity contribution in [3.63, 3.8) is 0 Å². The summed E-state index contributed by atoms with van der Waals surface area (Å²) in [6.45, 7) is 2.93. The molecule has 1 aromatic rings. The predicted octanol–water partition coefficient (Wildman–Crippen LogP) is 2.33. The van der Waals surface area contributed by atoms with E-state index in [1.54, 1.807) is 0 Å².